The zero-order valence-electron chi connectivity index (χ0n) is 13.0. The molecule has 1 saturated carbocycles. The van der Waals surface area contributed by atoms with Crippen molar-refractivity contribution in [1.29, 1.82) is 0 Å². The zero-order chi connectivity index (χ0) is 15.6. The van der Waals surface area contributed by atoms with Crippen molar-refractivity contribution in [3.63, 3.8) is 0 Å². The molecule has 1 fully saturated rings. The molecule has 1 aromatic rings. The summed E-state index contributed by atoms with van der Waals surface area (Å²) >= 11 is 0. The van der Waals surface area contributed by atoms with Crippen LogP contribution in [0.4, 0.5) is 18.9 Å². The van der Waals surface area contributed by atoms with Crippen LogP contribution in [0.15, 0.2) is 12.1 Å². The van der Waals surface area contributed by atoms with Gasteiger partial charge in [0.2, 0.25) is 0 Å². The highest BCUT2D eigenvalue weighted by atomic mass is 19.2. The van der Waals surface area contributed by atoms with Crippen LogP contribution in [-0.2, 0) is 0 Å². The van der Waals surface area contributed by atoms with Crippen molar-refractivity contribution >= 4 is 5.69 Å². The fourth-order valence-corrected chi connectivity index (χ4v) is 3.15. The molecule has 1 nitrogen and oxygen atoms in total. The maximum atomic E-state index is 13.1. The monoisotopic (exact) mass is 299 g/mol. The lowest BCUT2D eigenvalue weighted by molar-refractivity contribution is 0.153. The van der Waals surface area contributed by atoms with Gasteiger partial charge in [-0.25, -0.2) is 13.2 Å². The third-order valence-corrected chi connectivity index (χ3v) is 4.65. The Balaban J connectivity index is 1.85. The van der Waals surface area contributed by atoms with Crippen molar-refractivity contribution < 1.29 is 13.2 Å². The lowest BCUT2D eigenvalue weighted by atomic mass is 9.70. The van der Waals surface area contributed by atoms with Crippen molar-refractivity contribution in [1.82, 2.24) is 0 Å². The first-order valence-corrected chi connectivity index (χ1v) is 7.66. The number of rotatable bonds is 3. The molecular formula is C17H24F3N. The zero-order valence-corrected chi connectivity index (χ0v) is 13.0. The second kappa shape index (κ2) is 6.29. The Bertz CT molecular complexity index is 462. The van der Waals surface area contributed by atoms with E-state index < -0.39 is 17.5 Å². The third kappa shape index (κ3) is 4.14. The summed E-state index contributed by atoms with van der Waals surface area (Å²) in [6.07, 6.45) is 4.65. The first kappa shape index (κ1) is 16.2. The molecule has 21 heavy (non-hydrogen) atoms. The smallest absolute Gasteiger partial charge is 0.194 e. The Labute approximate surface area is 124 Å². The molecule has 0 amide bonds. The summed E-state index contributed by atoms with van der Waals surface area (Å²) in [5.41, 5.74) is 0.658. The van der Waals surface area contributed by atoms with Crippen molar-refractivity contribution in [3.8, 4) is 0 Å². The molecule has 0 saturated heterocycles. The van der Waals surface area contributed by atoms with Gasteiger partial charge in [-0.05, 0) is 42.9 Å². The Kier molecular flexibility index (Phi) is 4.84. The lowest BCUT2D eigenvalue weighted by Crippen LogP contribution is -2.28. The van der Waals surface area contributed by atoms with E-state index in [2.05, 4.69) is 26.1 Å². The van der Waals surface area contributed by atoms with E-state index >= 15 is 0 Å². The summed E-state index contributed by atoms with van der Waals surface area (Å²) in [5.74, 6) is -2.44. The van der Waals surface area contributed by atoms with Gasteiger partial charge in [0, 0.05) is 24.4 Å². The molecule has 4 heteroatoms. The minimum absolute atomic E-state index is 0.310. The molecule has 0 heterocycles. The van der Waals surface area contributed by atoms with E-state index in [9.17, 15) is 13.2 Å². The normalized spacial score (nSPS) is 23.1. The standard InChI is InChI=1S/C17H24F3N/c1-17(2,3)12-6-4-11(5-7-12)10-21-13-8-14(18)16(20)15(19)9-13/h8-9,11-12,21H,4-7,10H2,1-3H3. The first-order valence-electron chi connectivity index (χ1n) is 7.66. The highest BCUT2D eigenvalue weighted by molar-refractivity contribution is 5.44. The molecular weight excluding hydrogens is 275 g/mol. The minimum atomic E-state index is -1.41. The predicted octanol–water partition coefficient (Wildman–Crippen LogP) is 5.37. The summed E-state index contributed by atoms with van der Waals surface area (Å²) in [5, 5.41) is 3.03. The van der Waals surface area contributed by atoms with Gasteiger partial charge in [0.25, 0.3) is 0 Å². The van der Waals surface area contributed by atoms with Gasteiger partial charge in [0.1, 0.15) is 0 Å². The molecule has 1 N–H and O–H groups in total. The second-order valence-electron chi connectivity index (χ2n) is 7.22. The first-order chi connectivity index (χ1) is 9.77. The van der Waals surface area contributed by atoms with Gasteiger partial charge in [0.15, 0.2) is 17.5 Å². The van der Waals surface area contributed by atoms with Crippen LogP contribution in [0.3, 0.4) is 0 Å². The maximum absolute atomic E-state index is 13.1. The van der Waals surface area contributed by atoms with Gasteiger partial charge in [-0.3, -0.25) is 0 Å². The van der Waals surface area contributed by atoms with Crippen LogP contribution >= 0.6 is 0 Å². The second-order valence-corrected chi connectivity index (χ2v) is 7.22. The Morgan fingerprint density at radius 2 is 1.52 bits per heavy atom. The molecule has 0 aliphatic heterocycles. The van der Waals surface area contributed by atoms with Gasteiger partial charge in [-0.15, -0.1) is 0 Å². The van der Waals surface area contributed by atoms with E-state index in [1.54, 1.807) is 0 Å². The number of benzene rings is 1. The predicted molar refractivity (Wildman–Crippen MR) is 79.7 cm³/mol. The number of nitrogens with one attached hydrogen (secondary N) is 1. The van der Waals surface area contributed by atoms with Crippen LogP contribution in [0, 0.1) is 34.7 Å². The van der Waals surface area contributed by atoms with Gasteiger partial charge < -0.3 is 5.32 Å². The Morgan fingerprint density at radius 3 is 2.00 bits per heavy atom. The summed E-state index contributed by atoms with van der Waals surface area (Å²) < 4.78 is 39.1. The van der Waals surface area contributed by atoms with E-state index in [1.807, 2.05) is 0 Å². The summed E-state index contributed by atoms with van der Waals surface area (Å²) in [7, 11) is 0. The number of hydrogen-bond donors (Lipinski definition) is 1. The quantitative estimate of drug-likeness (QED) is 0.740. The summed E-state index contributed by atoms with van der Waals surface area (Å²) in [4.78, 5) is 0. The van der Waals surface area contributed by atoms with Crippen LogP contribution in [0.1, 0.15) is 46.5 Å². The van der Waals surface area contributed by atoms with Crippen LogP contribution < -0.4 is 5.32 Å². The van der Waals surface area contributed by atoms with E-state index in [-0.39, 0.29) is 0 Å². The molecule has 0 bridgehead atoms. The largest absolute Gasteiger partial charge is 0.385 e. The molecule has 0 unspecified atom stereocenters. The van der Waals surface area contributed by atoms with E-state index in [0.29, 0.717) is 23.6 Å². The molecule has 0 spiro atoms. The molecule has 0 atom stereocenters. The van der Waals surface area contributed by atoms with E-state index in [1.165, 1.54) is 12.8 Å². The topological polar surface area (TPSA) is 12.0 Å². The summed E-state index contributed by atoms with van der Waals surface area (Å²) in [6, 6.07) is 2.03. The number of halogens is 3. The Morgan fingerprint density at radius 1 is 1.00 bits per heavy atom. The highest BCUT2D eigenvalue weighted by Crippen LogP contribution is 2.39. The lowest BCUT2D eigenvalue weighted by Gasteiger charge is -2.37. The van der Waals surface area contributed by atoms with Crippen molar-refractivity contribution in [2.24, 2.45) is 17.3 Å². The molecule has 2 rings (SSSR count). The molecule has 1 aliphatic rings. The molecule has 118 valence electrons. The van der Waals surface area contributed by atoms with Crippen LogP contribution in [-0.4, -0.2) is 6.54 Å². The summed E-state index contributed by atoms with van der Waals surface area (Å²) in [6.45, 7) is 7.52. The van der Waals surface area contributed by atoms with Gasteiger partial charge >= 0.3 is 0 Å². The molecule has 1 aliphatic carbocycles. The number of hydrogen-bond acceptors (Lipinski definition) is 1. The van der Waals surface area contributed by atoms with Crippen molar-refractivity contribution in [3.05, 3.63) is 29.6 Å². The minimum Gasteiger partial charge on any atom is -0.385 e. The Hall–Kier alpha value is -1.19. The fourth-order valence-electron chi connectivity index (χ4n) is 3.15. The van der Waals surface area contributed by atoms with Gasteiger partial charge in [-0.2, -0.15) is 0 Å². The maximum Gasteiger partial charge on any atom is 0.194 e. The SMILES string of the molecule is CC(C)(C)C1CCC(CNc2cc(F)c(F)c(F)c2)CC1. The highest BCUT2D eigenvalue weighted by Gasteiger charge is 2.29. The van der Waals surface area contributed by atoms with E-state index in [0.717, 1.165) is 30.9 Å². The number of anilines is 1. The van der Waals surface area contributed by atoms with Crippen molar-refractivity contribution in [2.45, 2.75) is 46.5 Å². The van der Waals surface area contributed by atoms with E-state index in [4.69, 9.17) is 0 Å². The molecule has 0 aromatic heterocycles. The fraction of sp³-hybridized carbons (Fsp3) is 0.647. The van der Waals surface area contributed by atoms with Crippen LogP contribution in [0.25, 0.3) is 0 Å². The molecule has 0 radical (unpaired) electrons. The molecule has 1 aromatic carbocycles. The van der Waals surface area contributed by atoms with Crippen LogP contribution in [0.5, 0.6) is 0 Å². The van der Waals surface area contributed by atoms with Crippen LogP contribution in [0.2, 0.25) is 0 Å². The van der Waals surface area contributed by atoms with Gasteiger partial charge in [0.05, 0.1) is 0 Å². The average Bonchev–Trinajstić information content (AvgIpc) is 2.42. The van der Waals surface area contributed by atoms with Gasteiger partial charge in [-0.1, -0.05) is 20.8 Å². The van der Waals surface area contributed by atoms with Crippen molar-refractivity contribution in [2.75, 3.05) is 11.9 Å². The third-order valence-electron chi connectivity index (χ3n) is 4.65. The average molecular weight is 299 g/mol.